The molecule has 4 rings (SSSR count). The zero-order chi connectivity index (χ0) is 21.8. The molecule has 31 heavy (non-hydrogen) atoms. The molecule has 1 saturated heterocycles. The van der Waals surface area contributed by atoms with Gasteiger partial charge in [-0.2, -0.15) is 0 Å². The van der Waals surface area contributed by atoms with Crippen LogP contribution in [0.4, 0.5) is 5.95 Å². The molecule has 5 nitrogen and oxygen atoms in total. The molecule has 1 aliphatic carbocycles. The molecule has 1 aliphatic heterocycles. The van der Waals surface area contributed by atoms with E-state index in [-0.39, 0.29) is 5.92 Å². The normalized spacial score (nSPS) is 21.2. The van der Waals surface area contributed by atoms with E-state index >= 15 is 0 Å². The van der Waals surface area contributed by atoms with E-state index in [2.05, 4.69) is 75.6 Å². The summed E-state index contributed by atoms with van der Waals surface area (Å²) in [6.07, 6.45) is 6.65. The first-order valence-corrected chi connectivity index (χ1v) is 14.8. The number of hydrogen-bond acceptors (Lipinski definition) is 4. The van der Waals surface area contributed by atoms with E-state index in [0.717, 1.165) is 44.5 Å². The molecule has 1 saturated carbocycles. The van der Waals surface area contributed by atoms with E-state index in [1.54, 1.807) is 12.4 Å². The summed E-state index contributed by atoms with van der Waals surface area (Å²) in [6.45, 7) is 9.23. The fourth-order valence-electron chi connectivity index (χ4n) is 4.11. The van der Waals surface area contributed by atoms with Crippen LogP contribution >= 0.6 is 0 Å². The Morgan fingerprint density at radius 2 is 1.81 bits per heavy atom. The van der Waals surface area contributed by atoms with Gasteiger partial charge in [-0.3, -0.25) is 4.79 Å². The van der Waals surface area contributed by atoms with Crippen LogP contribution in [-0.4, -0.2) is 48.5 Å². The van der Waals surface area contributed by atoms with Gasteiger partial charge >= 0.3 is 0 Å². The number of piperidine rings is 1. The Morgan fingerprint density at radius 1 is 1.13 bits per heavy atom. The smallest absolute Gasteiger partial charge is 0.226 e. The van der Waals surface area contributed by atoms with Crippen molar-refractivity contribution in [2.75, 3.05) is 25.0 Å². The average molecular weight is 433 g/mol. The highest BCUT2D eigenvalue weighted by molar-refractivity contribution is 6.83. The first-order valence-electron chi connectivity index (χ1n) is 11.3. The van der Waals surface area contributed by atoms with Gasteiger partial charge < -0.3 is 10.2 Å². The van der Waals surface area contributed by atoms with Crippen LogP contribution in [0.1, 0.15) is 36.3 Å². The Balaban J connectivity index is 1.20. The zero-order valence-electron chi connectivity index (χ0n) is 18.8. The highest BCUT2D eigenvalue weighted by Gasteiger charge is 2.46. The number of amides is 1. The number of carbonyl (C=O) groups is 1. The maximum absolute atomic E-state index is 12.9. The number of rotatable bonds is 5. The van der Waals surface area contributed by atoms with Crippen molar-refractivity contribution in [1.82, 2.24) is 14.9 Å². The van der Waals surface area contributed by atoms with Crippen molar-refractivity contribution in [2.45, 2.75) is 44.8 Å². The molecule has 0 radical (unpaired) electrons. The molecule has 1 aromatic carbocycles. The molecule has 6 heteroatoms. The van der Waals surface area contributed by atoms with Crippen molar-refractivity contribution in [3.8, 4) is 11.5 Å². The molecular weight excluding hydrogens is 400 g/mol. The van der Waals surface area contributed by atoms with Gasteiger partial charge in [0.15, 0.2) is 0 Å². The summed E-state index contributed by atoms with van der Waals surface area (Å²) in [4.78, 5) is 23.7. The number of likely N-dealkylation sites (tertiary alicyclic amines) is 1. The van der Waals surface area contributed by atoms with Crippen molar-refractivity contribution in [1.29, 1.82) is 0 Å². The van der Waals surface area contributed by atoms with Gasteiger partial charge in [0, 0.05) is 37.9 Å². The maximum Gasteiger partial charge on any atom is 0.226 e. The lowest BCUT2D eigenvalue weighted by atomic mass is 9.96. The van der Waals surface area contributed by atoms with Crippen LogP contribution in [0.3, 0.4) is 0 Å². The molecule has 1 N–H and O–H groups in total. The minimum Gasteiger partial charge on any atom is -0.354 e. The van der Waals surface area contributed by atoms with Crippen molar-refractivity contribution in [3.05, 3.63) is 53.9 Å². The first-order chi connectivity index (χ1) is 14.9. The monoisotopic (exact) mass is 432 g/mol. The summed E-state index contributed by atoms with van der Waals surface area (Å²) in [5.41, 5.74) is 5.51. The summed E-state index contributed by atoms with van der Waals surface area (Å²) in [7, 11) is -1.39. The van der Waals surface area contributed by atoms with Crippen molar-refractivity contribution in [2.24, 2.45) is 11.8 Å². The fraction of sp³-hybridized carbons (Fsp3) is 0.480. The first kappa shape index (κ1) is 21.6. The SMILES string of the molecule is C[Si](C)(C)C#Cc1cnc(NCC2CCN(C(=O)C3CC3c3ccccc3)CC2)nc1. The number of benzene rings is 1. The predicted molar refractivity (Wildman–Crippen MR) is 127 cm³/mol. The van der Waals surface area contributed by atoms with E-state index in [1.807, 2.05) is 6.07 Å². The van der Waals surface area contributed by atoms with Crippen molar-refractivity contribution >= 4 is 19.9 Å². The Bertz CT molecular complexity index is 951. The van der Waals surface area contributed by atoms with Crippen molar-refractivity contribution < 1.29 is 4.79 Å². The van der Waals surface area contributed by atoms with Crippen LogP contribution in [0.2, 0.25) is 19.6 Å². The fourth-order valence-corrected chi connectivity index (χ4v) is 4.63. The van der Waals surface area contributed by atoms with Crippen LogP contribution in [0.15, 0.2) is 42.7 Å². The maximum atomic E-state index is 12.9. The van der Waals surface area contributed by atoms with Gasteiger partial charge in [-0.15, -0.1) is 5.54 Å². The third kappa shape index (κ3) is 5.95. The van der Waals surface area contributed by atoms with E-state index in [4.69, 9.17) is 0 Å². The number of hydrogen-bond donors (Lipinski definition) is 1. The third-order valence-corrected chi connectivity index (χ3v) is 6.92. The molecule has 2 heterocycles. The lowest BCUT2D eigenvalue weighted by Crippen LogP contribution is -2.40. The van der Waals surface area contributed by atoms with Gasteiger partial charge in [0.1, 0.15) is 8.07 Å². The lowest BCUT2D eigenvalue weighted by molar-refractivity contribution is -0.134. The molecule has 2 aliphatic rings. The Labute approximate surface area is 186 Å². The van der Waals surface area contributed by atoms with Crippen LogP contribution in [0, 0.1) is 23.3 Å². The molecule has 0 bridgehead atoms. The summed E-state index contributed by atoms with van der Waals surface area (Å²) < 4.78 is 0. The third-order valence-electron chi connectivity index (χ3n) is 6.04. The topological polar surface area (TPSA) is 58.1 Å². The molecule has 0 spiro atoms. The van der Waals surface area contributed by atoms with Gasteiger partial charge in [-0.1, -0.05) is 55.9 Å². The molecule has 1 amide bonds. The highest BCUT2D eigenvalue weighted by atomic mass is 28.3. The number of anilines is 1. The van der Waals surface area contributed by atoms with Crippen LogP contribution in [-0.2, 0) is 4.79 Å². The second-order valence-electron chi connectivity index (χ2n) is 9.80. The predicted octanol–water partition coefficient (Wildman–Crippen LogP) is 4.16. The van der Waals surface area contributed by atoms with Crippen LogP contribution in [0.5, 0.6) is 0 Å². The summed E-state index contributed by atoms with van der Waals surface area (Å²) >= 11 is 0. The Hall–Kier alpha value is -2.65. The molecule has 2 fully saturated rings. The minimum atomic E-state index is -1.39. The minimum absolute atomic E-state index is 0.188. The average Bonchev–Trinajstić information content (AvgIpc) is 3.58. The van der Waals surface area contributed by atoms with E-state index in [0.29, 0.717) is 23.7 Å². The number of nitrogens with one attached hydrogen (secondary N) is 1. The van der Waals surface area contributed by atoms with E-state index in [1.165, 1.54) is 5.56 Å². The molecule has 2 atom stereocenters. The largest absolute Gasteiger partial charge is 0.354 e. The van der Waals surface area contributed by atoms with E-state index < -0.39 is 8.07 Å². The van der Waals surface area contributed by atoms with Gasteiger partial charge in [0.25, 0.3) is 0 Å². The molecule has 2 unspecified atom stereocenters. The number of carbonyl (C=O) groups excluding carboxylic acids is 1. The summed E-state index contributed by atoms with van der Waals surface area (Å²) in [5, 5.41) is 3.36. The highest BCUT2D eigenvalue weighted by Crippen LogP contribution is 2.48. The Morgan fingerprint density at radius 3 is 2.45 bits per heavy atom. The molecular formula is C25H32N4OSi. The second-order valence-corrected chi connectivity index (χ2v) is 14.6. The molecule has 162 valence electrons. The van der Waals surface area contributed by atoms with E-state index in [9.17, 15) is 4.79 Å². The van der Waals surface area contributed by atoms with Gasteiger partial charge in [0.2, 0.25) is 11.9 Å². The standard InChI is InChI=1S/C25H32N4OSi/c1-31(2,3)14-11-20-17-27-25(28-18-20)26-16-19-9-12-29(13-10-19)24(30)23-15-22(23)21-7-5-4-6-8-21/h4-8,17-19,22-23H,9-10,12-13,15-16H2,1-3H3,(H,26,27,28). The van der Waals surface area contributed by atoms with Crippen LogP contribution in [0.25, 0.3) is 0 Å². The number of nitrogens with zero attached hydrogens (tertiary/aromatic N) is 3. The lowest BCUT2D eigenvalue weighted by Gasteiger charge is -2.32. The van der Waals surface area contributed by atoms with Crippen LogP contribution < -0.4 is 5.32 Å². The second kappa shape index (κ2) is 9.23. The summed E-state index contributed by atoms with van der Waals surface area (Å²) in [6, 6.07) is 10.4. The van der Waals surface area contributed by atoms with Gasteiger partial charge in [-0.25, -0.2) is 9.97 Å². The van der Waals surface area contributed by atoms with Gasteiger partial charge in [0.05, 0.1) is 5.56 Å². The number of aromatic nitrogens is 2. The molecule has 1 aromatic heterocycles. The Kier molecular flexibility index (Phi) is 6.42. The molecule has 2 aromatic rings. The zero-order valence-corrected chi connectivity index (χ0v) is 19.8. The van der Waals surface area contributed by atoms with Gasteiger partial charge in [-0.05, 0) is 36.7 Å². The summed E-state index contributed by atoms with van der Waals surface area (Å²) in [5.74, 6) is 5.33. The quantitative estimate of drug-likeness (QED) is 0.569. The van der Waals surface area contributed by atoms with Crippen molar-refractivity contribution in [3.63, 3.8) is 0 Å².